The largest absolute Gasteiger partial charge is 0.310 e. The number of nitrogens with one attached hydrogen (secondary N) is 1. The number of rotatable bonds is 8. The molecule has 0 heterocycles. The molecule has 0 aliphatic heterocycles. The Hall–Kier alpha value is -0.860. The normalized spacial score (nSPS) is 19.0. The predicted octanol–water partition coefficient (Wildman–Crippen LogP) is 3.56. The Balaban J connectivity index is 1.52. The van der Waals surface area contributed by atoms with Gasteiger partial charge < -0.3 is 5.32 Å². The van der Waals surface area contributed by atoms with Crippen LogP contribution in [0.4, 0.5) is 0 Å². The van der Waals surface area contributed by atoms with Gasteiger partial charge in [0, 0.05) is 31.7 Å². The van der Waals surface area contributed by atoms with E-state index in [1.54, 1.807) is 0 Å². The Morgan fingerprint density at radius 3 is 2.25 bits per heavy atom. The van der Waals surface area contributed by atoms with E-state index in [4.69, 9.17) is 0 Å². The van der Waals surface area contributed by atoms with Crippen LogP contribution in [0.25, 0.3) is 0 Å². The van der Waals surface area contributed by atoms with Gasteiger partial charge in [0.2, 0.25) is 0 Å². The van der Waals surface area contributed by atoms with Gasteiger partial charge in [-0.3, -0.25) is 4.90 Å². The minimum atomic E-state index is 0.645. The maximum atomic E-state index is 3.58. The van der Waals surface area contributed by atoms with Crippen molar-refractivity contribution in [1.82, 2.24) is 10.2 Å². The van der Waals surface area contributed by atoms with Gasteiger partial charge in [0.15, 0.2) is 0 Å². The molecule has 0 saturated heterocycles. The first-order chi connectivity index (χ1) is 9.70. The van der Waals surface area contributed by atoms with Gasteiger partial charge in [0.1, 0.15) is 0 Å². The molecule has 110 valence electrons. The van der Waals surface area contributed by atoms with Gasteiger partial charge in [-0.05, 0) is 56.6 Å². The average molecular weight is 272 g/mol. The lowest BCUT2D eigenvalue weighted by molar-refractivity contribution is 0.204. The number of nitrogens with zero attached hydrogens (tertiary/aromatic N) is 1. The highest BCUT2D eigenvalue weighted by Gasteiger charge is 2.25. The molecule has 1 N–H and O–H groups in total. The van der Waals surface area contributed by atoms with Crippen LogP contribution in [-0.2, 0) is 13.1 Å². The van der Waals surface area contributed by atoms with E-state index in [9.17, 15) is 0 Å². The van der Waals surface area contributed by atoms with Crippen LogP contribution in [0.5, 0.6) is 0 Å². The molecule has 20 heavy (non-hydrogen) atoms. The third-order valence-electron chi connectivity index (χ3n) is 4.50. The van der Waals surface area contributed by atoms with E-state index in [2.05, 4.69) is 48.3 Å². The second-order valence-corrected chi connectivity index (χ2v) is 6.94. The van der Waals surface area contributed by atoms with Crippen LogP contribution in [0.2, 0.25) is 0 Å². The maximum absolute atomic E-state index is 3.58. The van der Waals surface area contributed by atoms with Gasteiger partial charge in [0.05, 0.1) is 0 Å². The molecule has 0 bridgehead atoms. The summed E-state index contributed by atoms with van der Waals surface area (Å²) in [5.74, 6) is 0.972. The molecule has 0 amide bonds. The highest BCUT2D eigenvalue weighted by molar-refractivity contribution is 5.22. The zero-order chi connectivity index (χ0) is 13.9. The monoisotopic (exact) mass is 272 g/mol. The minimum absolute atomic E-state index is 0.645. The third-order valence-corrected chi connectivity index (χ3v) is 4.50. The van der Waals surface area contributed by atoms with Crippen molar-refractivity contribution >= 4 is 0 Å². The summed E-state index contributed by atoms with van der Waals surface area (Å²) in [6, 6.07) is 10.6. The zero-order valence-corrected chi connectivity index (χ0v) is 12.9. The smallest absolute Gasteiger partial charge is 0.0236 e. The van der Waals surface area contributed by atoms with Crippen LogP contribution in [0, 0.1) is 5.92 Å². The Kier molecular flexibility index (Phi) is 4.42. The summed E-state index contributed by atoms with van der Waals surface area (Å²) in [6.45, 7) is 8.04. The molecular formula is C18H28N2. The lowest BCUT2D eigenvalue weighted by Crippen LogP contribution is -2.32. The molecule has 3 rings (SSSR count). The molecule has 0 spiro atoms. The first-order valence-corrected chi connectivity index (χ1v) is 8.26. The van der Waals surface area contributed by atoms with Crippen molar-refractivity contribution < 1.29 is 0 Å². The van der Waals surface area contributed by atoms with Gasteiger partial charge in [-0.15, -0.1) is 0 Å². The van der Waals surface area contributed by atoms with Gasteiger partial charge in [-0.1, -0.05) is 24.3 Å². The molecule has 2 fully saturated rings. The summed E-state index contributed by atoms with van der Waals surface area (Å²) in [6.07, 6.45) is 5.61. The number of hydrogen-bond donors (Lipinski definition) is 1. The van der Waals surface area contributed by atoms with E-state index in [0.717, 1.165) is 25.0 Å². The molecule has 2 saturated carbocycles. The zero-order valence-electron chi connectivity index (χ0n) is 12.9. The Labute approximate surface area is 123 Å². The van der Waals surface area contributed by atoms with Crippen molar-refractivity contribution in [3.63, 3.8) is 0 Å². The van der Waals surface area contributed by atoms with E-state index in [-0.39, 0.29) is 0 Å². The summed E-state index contributed by atoms with van der Waals surface area (Å²) >= 11 is 0. The fraction of sp³-hybridized carbons (Fsp3) is 0.667. The molecule has 1 aromatic carbocycles. The molecule has 2 aliphatic rings. The van der Waals surface area contributed by atoms with E-state index in [1.807, 2.05) is 0 Å². The predicted molar refractivity (Wildman–Crippen MR) is 84.6 cm³/mol. The maximum Gasteiger partial charge on any atom is 0.0236 e. The second-order valence-electron chi connectivity index (χ2n) is 6.94. The fourth-order valence-electron chi connectivity index (χ4n) is 2.64. The van der Waals surface area contributed by atoms with Gasteiger partial charge in [-0.2, -0.15) is 0 Å². The average Bonchev–Trinajstić information content (AvgIpc) is 3.32. The Morgan fingerprint density at radius 1 is 1.05 bits per heavy atom. The Morgan fingerprint density at radius 2 is 1.70 bits per heavy atom. The highest BCUT2D eigenvalue weighted by atomic mass is 15.1. The third kappa shape index (κ3) is 4.32. The van der Waals surface area contributed by atoms with E-state index >= 15 is 0 Å². The molecule has 0 aromatic heterocycles. The Bertz CT molecular complexity index is 416. The van der Waals surface area contributed by atoms with Crippen molar-refractivity contribution in [2.45, 2.75) is 64.7 Å². The molecule has 2 nitrogen and oxygen atoms in total. The van der Waals surface area contributed by atoms with Crippen molar-refractivity contribution in [1.29, 1.82) is 0 Å². The molecular weight excluding hydrogens is 244 g/mol. The fourth-order valence-corrected chi connectivity index (χ4v) is 2.64. The number of hydrogen-bond acceptors (Lipinski definition) is 2. The summed E-state index contributed by atoms with van der Waals surface area (Å²) in [7, 11) is 0. The van der Waals surface area contributed by atoms with Crippen LogP contribution in [0.1, 0.15) is 50.7 Å². The van der Waals surface area contributed by atoms with Crippen LogP contribution in [-0.4, -0.2) is 23.5 Å². The van der Waals surface area contributed by atoms with Crippen molar-refractivity contribution in [2.24, 2.45) is 5.92 Å². The van der Waals surface area contributed by atoms with Crippen LogP contribution in [0.15, 0.2) is 24.3 Å². The number of benzene rings is 1. The summed E-state index contributed by atoms with van der Waals surface area (Å²) < 4.78 is 0. The minimum Gasteiger partial charge on any atom is -0.310 e. The van der Waals surface area contributed by atoms with Crippen molar-refractivity contribution in [3.05, 3.63) is 35.4 Å². The molecule has 0 unspecified atom stereocenters. The molecule has 2 aliphatic carbocycles. The van der Waals surface area contributed by atoms with E-state index in [0.29, 0.717) is 6.04 Å². The van der Waals surface area contributed by atoms with E-state index in [1.165, 1.54) is 43.4 Å². The molecule has 2 heteroatoms. The topological polar surface area (TPSA) is 15.3 Å². The highest BCUT2D eigenvalue weighted by Crippen LogP contribution is 2.30. The SMILES string of the molecule is CC(C)N(Cc1ccc(CNC2CC2)cc1)CC1CC1. The standard InChI is InChI=1S/C18H28N2/c1-14(2)20(13-17-7-8-17)12-16-5-3-15(4-6-16)11-19-18-9-10-18/h3-6,14,17-19H,7-13H2,1-2H3. The molecule has 1 aromatic rings. The quantitative estimate of drug-likeness (QED) is 0.778. The van der Waals surface area contributed by atoms with Crippen LogP contribution >= 0.6 is 0 Å². The van der Waals surface area contributed by atoms with Crippen molar-refractivity contribution in [2.75, 3.05) is 6.54 Å². The molecule has 0 atom stereocenters. The first-order valence-electron chi connectivity index (χ1n) is 8.26. The van der Waals surface area contributed by atoms with Gasteiger partial charge >= 0.3 is 0 Å². The summed E-state index contributed by atoms with van der Waals surface area (Å²) in [5, 5.41) is 3.58. The lowest BCUT2D eigenvalue weighted by atomic mass is 10.1. The molecule has 0 radical (unpaired) electrons. The summed E-state index contributed by atoms with van der Waals surface area (Å²) in [4.78, 5) is 2.62. The van der Waals surface area contributed by atoms with E-state index < -0.39 is 0 Å². The summed E-state index contributed by atoms with van der Waals surface area (Å²) in [5.41, 5.74) is 2.87. The van der Waals surface area contributed by atoms with Crippen LogP contribution in [0.3, 0.4) is 0 Å². The second kappa shape index (κ2) is 6.28. The van der Waals surface area contributed by atoms with Gasteiger partial charge in [0.25, 0.3) is 0 Å². The first kappa shape index (κ1) is 14.1. The van der Waals surface area contributed by atoms with Gasteiger partial charge in [-0.25, -0.2) is 0 Å². The lowest BCUT2D eigenvalue weighted by Gasteiger charge is -2.26. The van der Waals surface area contributed by atoms with Crippen LogP contribution < -0.4 is 5.32 Å². The van der Waals surface area contributed by atoms with Crippen molar-refractivity contribution in [3.8, 4) is 0 Å².